The maximum Gasteiger partial charge on any atom is 0.242 e. The zero-order valence-corrected chi connectivity index (χ0v) is 9.43. The van der Waals surface area contributed by atoms with E-state index in [1.165, 1.54) is 0 Å². The first kappa shape index (κ1) is 11.6. The fraction of sp³-hybridized carbons (Fsp3) is 0.400. The molecule has 0 saturated heterocycles. The summed E-state index contributed by atoms with van der Waals surface area (Å²) in [5.74, 6) is 2.16. The van der Waals surface area contributed by atoms with Gasteiger partial charge >= 0.3 is 0 Å². The summed E-state index contributed by atoms with van der Waals surface area (Å²) in [6.07, 6.45) is 5.02. The molecule has 15 heavy (non-hydrogen) atoms. The fourth-order valence-electron chi connectivity index (χ4n) is 1.17. The molecule has 1 aromatic rings. The molecular weight excluding hydrogens is 214 g/mol. The number of carbonyl (C=O) groups excluding carboxylic acids is 1. The Bertz CT molecular complexity index is 417. The highest BCUT2D eigenvalue weighted by atomic mass is 35.5. The van der Waals surface area contributed by atoms with Crippen LogP contribution in [0.1, 0.15) is 11.4 Å². The highest BCUT2D eigenvalue weighted by Crippen LogP contribution is 2.18. The summed E-state index contributed by atoms with van der Waals surface area (Å²) in [4.78, 5) is 11.3. The maximum atomic E-state index is 11.3. The standard InChI is InChI=1S/C10H12ClN3O/c1-4-5-12-9(15)6-14-8(3)10(11)7(2)13-14/h1H,5-6H2,2-3H3,(H,12,15). The first-order valence-corrected chi connectivity index (χ1v) is 4.83. The third-order valence-corrected chi connectivity index (χ3v) is 2.52. The molecule has 0 aromatic carbocycles. The van der Waals surface area contributed by atoms with Crippen molar-refractivity contribution < 1.29 is 4.79 Å². The van der Waals surface area contributed by atoms with Crippen molar-refractivity contribution in [2.45, 2.75) is 20.4 Å². The first-order valence-electron chi connectivity index (χ1n) is 4.46. The minimum absolute atomic E-state index is 0.140. The predicted molar refractivity (Wildman–Crippen MR) is 58.6 cm³/mol. The van der Waals surface area contributed by atoms with Crippen LogP contribution in [-0.4, -0.2) is 22.2 Å². The molecule has 1 aromatic heterocycles. The molecule has 1 rings (SSSR count). The zero-order chi connectivity index (χ0) is 11.4. The highest BCUT2D eigenvalue weighted by Gasteiger charge is 2.11. The van der Waals surface area contributed by atoms with Gasteiger partial charge in [0.2, 0.25) is 5.91 Å². The Hall–Kier alpha value is -1.47. The third kappa shape index (κ3) is 2.74. The van der Waals surface area contributed by atoms with E-state index >= 15 is 0 Å². The number of nitrogens with one attached hydrogen (secondary N) is 1. The van der Waals surface area contributed by atoms with Crippen LogP contribution in [0, 0.1) is 26.2 Å². The average Bonchev–Trinajstić information content (AvgIpc) is 2.43. The van der Waals surface area contributed by atoms with Crippen LogP contribution in [0.2, 0.25) is 5.02 Å². The minimum Gasteiger partial charge on any atom is -0.344 e. The monoisotopic (exact) mass is 225 g/mol. The molecule has 0 saturated carbocycles. The summed E-state index contributed by atoms with van der Waals surface area (Å²) >= 11 is 5.94. The second-order valence-corrected chi connectivity index (χ2v) is 3.50. The second-order valence-electron chi connectivity index (χ2n) is 3.12. The van der Waals surface area contributed by atoms with E-state index in [1.807, 2.05) is 6.92 Å². The van der Waals surface area contributed by atoms with Crippen molar-refractivity contribution >= 4 is 17.5 Å². The minimum atomic E-state index is -0.171. The fourth-order valence-corrected chi connectivity index (χ4v) is 1.31. The second kappa shape index (κ2) is 4.85. The van der Waals surface area contributed by atoms with Crippen molar-refractivity contribution in [1.29, 1.82) is 0 Å². The Balaban J connectivity index is 2.69. The lowest BCUT2D eigenvalue weighted by Gasteiger charge is -2.03. The van der Waals surface area contributed by atoms with Gasteiger partial charge in [0.15, 0.2) is 0 Å². The van der Waals surface area contributed by atoms with Crippen LogP contribution in [0.25, 0.3) is 0 Å². The van der Waals surface area contributed by atoms with Crippen molar-refractivity contribution in [3.8, 4) is 12.3 Å². The number of nitrogens with zero attached hydrogens (tertiary/aromatic N) is 2. The van der Waals surface area contributed by atoms with Gasteiger partial charge in [0.25, 0.3) is 0 Å². The van der Waals surface area contributed by atoms with Crippen molar-refractivity contribution in [2.24, 2.45) is 0 Å². The van der Waals surface area contributed by atoms with Crippen LogP contribution < -0.4 is 5.32 Å². The van der Waals surface area contributed by atoms with Crippen LogP contribution in [-0.2, 0) is 11.3 Å². The molecule has 1 amide bonds. The number of rotatable bonds is 3. The van der Waals surface area contributed by atoms with Crippen LogP contribution in [0.4, 0.5) is 0 Å². The van der Waals surface area contributed by atoms with Gasteiger partial charge in [0, 0.05) is 0 Å². The summed E-state index contributed by atoms with van der Waals surface area (Å²) in [7, 11) is 0. The Morgan fingerprint density at radius 1 is 1.67 bits per heavy atom. The number of aromatic nitrogens is 2. The van der Waals surface area contributed by atoms with Gasteiger partial charge in [-0.1, -0.05) is 17.5 Å². The van der Waals surface area contributed by atoms with E-state index < -0.39 is 0 Å². The van der Waals surface area contributed by atoms with E-state index in [2.05, 4.69) is 16.3 Å². The average molecular weight is 226 g/mol. The number of terminal acetylenes is 1. The molecule has 1 N–H and O–H groups in total. The number of hydrogen-bond acceptors (Lipinski definition) is 2. The number of hydrogen-bond donors (Lipinski definition) is 1. The van der Waals surface area contributed by atoms with Crippen LogP contribution in [0.3, 0.4) is 0 Å². The molecule has 80 valence electrons. The predicted octanol–water partition coefficient (Wildman–Crippen LogP) is 0.903. The lowest BCUT2D eigenvalue weighted by molar-refractivity contribution is -0.121. The van der Waals surface area contributed by atoms with E-state index in [9.17, 15) is 4.79 Å². The molecule has 0 spiro atoms. The van der Waals surface area contributed by atoms with E-state index in [1.54, 1.807) is 11.6 Å². The molecule has 0 aliphatic heterocycles. The third-order valence-electron chi connectivity index (χ3n) is 1.97. The van der Waals surface area contributed by atoms with Gasteiger partial charge in [-0.2, -0.15) is 5.10 Å². The van der Waals surface area contributed by atoms with Gasteiger partial charge in [-0.15, -0.1) is 6.42 Å². The van der Waals surface area contributed by atoms with Crippen molar-refractivity contribution in [2.75, 3.05) is 6.54 Å². The van der Waals surface area contributed by atoms with E-state index in [-0.39, 0.29) is 19.0 Å². The van der Waals surface area contributed by atoms with Gasteiger partial charge in [-0.25, -0.2) is 0 Å². The van der Waals surface area contributed by atoms with Gasteiger partial charge in [-0.3, -0.25) is 9.48 Å². The van der Waals surface area contributed by atoms with Crippen molar-refractivity contribution in [3.05, 3.63) is 16.4 Å². The van der Waals surface area contributed by atoms with E-state index in [0.717, 1.165) is 11.4 Å². The molecule has 0 radical (unpaired) electrons. The van der Waals surface area contributed by atoms with E-state index in [4.69, 9.17) is 18.0 Å². The summed E-state index contributed by atoms with van der Waals surface area (Å²) in [6, 6.07) is 0. The highest BCUT2D eigenvalue weighted by molar-refractivity contribution is 6.31. The Labute approximate surface area is 93.6 Å². The zero-order valence-electron chi connectivity index (χ0n) is 8.67. The van der Waals surface area contributed by atoms with Gasteiger partial charge < -0.3 is 5.32 Å². The lowest BCUT2D eigenvalue weighted by atomic mass is 10.4. The van der Waals surface area contributed by atoms with Crippen molar-refractivity contribution in [3.63, 3.8) is 0 Å². The lowest BCUT2D eigenvalue weighted by Crippen LogP contribution is -2.28. The summed E-state index contributed by atoms with van der Waals surface area (Å²) < 4.78 is 1.56. The quantitative estimate of drug-likeness (QED) is 0.778. The van der Waals surface area contributed by atoms with Crippen molar-refractivity contribution in [1.82, 2.24) is 15.1 Å². The molecular formula is C10H12ClN3O. The Morgan fingerprint density at radius 3 is 2.80 bits per heavy atom. The molecule has 4 nitrogen and oxygen atoms in total. The smallest absolute Gasteiger partial charge is 0.242 e. The molecule has 1 heterocycles. The van der Waals surface area contributed by atoms with Gasteiger partial charge in [-0.05, 0) is 13.8 Å². The number of aryl methyl sites for hydroxylation is 1. The van der Waals surface area contributed by atoms with Crippen LogP contribution in [0.15, 0.2) is 0 Å². The maximum absolute atomic E-state index is 11.3. The van der Waals surface area contributed by atoms with Gasteiger partial charge in [0.05, 0.1) is 23.0 Å². The van der Waals surface area contributed by atoms with Crippen LogP contribution >= 0.6 is 11.6 Å². The summed E-state index contributed by atoms with van der Waals surface area (Å²) in [6.45, 7) is 3.98. The van der Waals surface area contributed by atoms with Crippen LogP contribution in [0.5, 0.6) is 0 Å². The number of halogens is 1. The molecule has 0 atom stereocenters. The Kier molecular flexibility index (Phi) is 3.75. The SMILES string of the molecule is C#CCNC(=O)Cn1nc(C)c(Cl)c1C. The van der Waals surface area contributed by atoms with Gasteiger partial charge in [0.1, 0.15) is 6.54 Å². The van der Waals surface area contributed by atoms with E-state index in [0.29, 0.717) is 5.02 Å². The Morgan fingerprint density at radius 2 is 2.33 bits per heavy atom. The molecule has 0 unspecified atom stereocenters. The number of amides is 1. The summed E-state index contributed by atoms with van der Waals surface area (Å²) in [5.41, 5.74) is 1.50. The number of carbonyl (C=O) groups is 1. The largest absolute Gasteiger partial charge is 0.344 e. The first-order chi connectivity index (χ1) is 7.06. The molecule has 0 aliphatic carbocycles. The topological polar surface area (TPSA) is 46.9 Å². The molecule has 0 bridgehead atoms. The molecule has 0 aliphatic rings. The molecule has 0 fully saturated rings. The summed E-state index contributed by atoms with van der Waals surface area (Å²) in [5, 5.41) is 7.28. The normalized spacial score (nSPS) is 9.73. The molecule has 5 heteroatoms.